The number of hydrogen-bond donors (Lipinski definition) is 0. The molecule has 2 aromatic heterocycles. The van der Waals surface area contributed by atoms with Gasteiger partial charge in [0.15, 0.2) is 10.8 Å². The van der Waals surface area contributed by atoms with Crippen molar-refractivity contribution in [1.82, 2.24) is 19.6 Å². The van der Waals surface area contributed by atoms with Gasteiger partial charge in [-0.3, -0.25) is 4.40 Å². The fourth-order valence-corrected chi connectivity index (χ4v) is 2.52. The molecule has 0 N–H and O–H groups in total. The quantitative estimate of drug-likeness (QED) is 0.855. The second-order valence-electron chi connectivity index (χ2n) is 4.56. The summed E-state index contributed by atoms with van der Waals surface area (Å²) in [7, 11) is 0. The SMILES string of the molecule is Clc1nccn2c(CCC3CCCCO3)nnc12. The molecule has 1 unspecified atom stereocenters. The van der Waals surface area contributed by atoms with Crippen molar-refractivity contribution < 1.29 is 4.74 Å². The maximum absolute atomic E-state index is 5.96. The van der Waals surface area contributed by atoms with E-state index in [-0.39, 0.29) is 0 Å². The normalized spacial score (nSPS) is 20.4. The van der Waals surface area contributed by atoms with Crippen LogP contribution in [0.3, 0.4) is 0 Å². The Morgan fingerprint density at radius 3 is 3.17 bits per heavy atom. The first-order valence-corrected chi connectivity index (χ1v) is 6.68. The van der Waals surface area contributed by atoms with Crippen molar-refractivity contribution in [2.75, 3.05) is 6.61 Å². The second kappa shape index (κ2) is 5.20. The zero-order valence-electron chi connectivity index (χ0n) is 10.0. The Bertz CT molecular complexity index is 536. The third-order valence-corrected chi connectivity index (χ3v) is 3.59. The van der Waals surface area contributed by atoms with Gasteiger partial charge in [0.25, 0.3) is 0 Å². The molecule has 18 heavy (non-hydrogen) atoms. The van der Waals surface area contributed by atoms with Gasteiger partial charge < -0.3 is 4.74 Å². The molecule has 0 radical (unpaired) electrons. The van der Waals surface area contributed by atoms with Gasteiger partial charge in [-0.2, -0.15) is 0 Å². The average molecular weight is 267 g/mol. The zero-order valence-corrected chi connectivity index (χ0v) is 10.8. The van der Waals surface area contributed by atoms with Gasteiger partial charge in [-0.1, -0.05) is 11.6 Å². The molecular formula is C12H15ClN4O. The monoisotopic (exact) mass is 266 g/mol. The van der Waals surface area contributed by atoms with Gasteiger partial charge >= 0.3 is 0 Å². The summed E-state index contributed by atoms with van der Waals surface area (Å²) in [6.07, 6.45) is 9.32. The molecule has 1 saturated heterocycles. The molecule has 1 atom stereocenters. The highest BCUT2D eigenvalue weighted by Crippen LogP contribution is 2.18. The molecule has 6 heteroatoms. The van der Waals surface area contributed by atoms with E-state index in [0.717, 1.165) is 31.7 Å². The lowest BCUT2D eigenvalue weighted by Crippen LogP contribution is -2.19. The van der Waals surface area contributed by atoms with Crippen LogP contribution in [0.25, 0.3) is 5.65 Å². The number of aryl methyl sites for hydroxylation is 1. The molecule has 1 aliphatic heterocycles. The van der Waals surface area contributed by atoms with Crippen LogP contribution >= 0.6 is 11.6 Å². The highest BCUT2D eigenvalue weighted by Gasteiger charge is 2.16. The average Bonchev–Trinajstić information content (AvgIpc) is 2.82. The van der Waals surface area contributed by atoms with Gasteiger partial charge in [0.1, 0.15) is 5.82 Å². The molecule has 5 nitrogen and oxygen atoms in total. The second-order valence-corrected chi connectivity index (χ2v) is 4.91. The molecule has 0 amide bonds. The summed E-state index contributed by atoms with van der Waals surface area (Å²) in [6, 6.07) is 0. The minimum Gasteiger partial charge on any atom is -0.378 e. The highest BCUT2D eigenvalue weighted by molar-refractivity contribution is 6.32. The third kappa shape index (κ3) is 2.33. The Morgan fingerprint density at radius 2 is 2.33 bits per heavy atom. The van der Waals surface area contributed by atoms with Crippen LogP contribution in [0.15, 0.2) is 12.4 Å². The maximum Gasteiger partial charge on any atom is 0.198 e. The Kier molecular flexibility index (Phi) is 3.43. The van der Waals surface area contributed by atoms with Gasteiger partial charge in [-0.15, -0.1) is 10.2 Å². The number of nitrogens with zero attached hydrogens (tertiary/aromatic N) is 4. The number of ether oxygens (including phenoxy) is 1. The highest BCUT2D eigenvalue weighted by atomic mass is 35.5. The summed E-state index contributed by atoms with van der Waals surface area (Å²) in [5, 5.41) is 8.63. The fraction of sp³-hybridized carbons (Fsp3) is 0.583. The largest absolute Gasteiger partial charge is 0.378 e. The Balaban J connectivity index is 1.72. The van der Waals surface area contributed by atoms with Crippen LogP contribution in [-0.4, -0.2) is 32.3 Å². The first kappa shape index (κ1) is 11.9. The van der Waals surface area contributed by atoms with Crippen molar-refractivity contribution in [2.45, 2.75) is 38.2 Å². The van der Waals surface area contributed by atoms with Crippen molar-refractivity contribution in [3.63, 3.8) is 0 Å². The summed E-state index contributed by atoms with van der Waals surface area (Å²) in [4.78, 5) is 3.99. The third-order valence-electron chi connectivity index (χ3n) is 3.32. The molecule has 3 heterocycles. The summed E-state index contributed by atoms with van der Waals surface area (Å²) in [6.45, 7) is 0.890. The molecule has 1 aliphatic rings. The molecule has 0 spiro atoms. The molecule has 0 aliphatic carbocycles. The molecule has 96 valence electrons. The van der Waals surface area contributed by atoms with Crippen LogP contribution in [-0.2, 0) is 11.2 Å². The van der Waals surface area contributed by atoms with E-state index in [1.54, 1.807) is 6.20 Å². The Labute approximate surface area is 110 Å². The van der Waals surface area contributed by atoms with E-state index >= 15 is 0 Å². The Morgan fingerprint density at radius 1 is 1.39 bits per heavy atom. The Hall–Kier alpha value is -1.20. The summed E-state index contributed by atoms with van der Waals surface area (Å²) in [5.41, 5.74) is 0.624. The minimum absolute atomic E-state index is 0.364. The number of rotatable bonds is 3. The number of aromatic nitrogens is 4. The van der Waals surface area contributed by atoms with Gasteiger partial charge in [0.05, 0.1) is 6.10 Å². The number of hydrogen-bond acceptors (Lipinski definition) is 4. The summed E-state index contributed by atoms with van der Waals surface area (Å²) >= 11 is 5.96. The van der Waals surface area contributed by atoms with E-state index in [1.807, 2.05) is 10.6 Å². The molecule has 0 saturated carbocycles. The smallest absolute Gasteiger partial charge is 0.198 e. The van der Waals surface area contributed by atoms with E-state index in [0.29, 0.717) is 16.9 Å². The van der Waals surface area contributed by atoms with Crippen LogP contribution in [0.5, 0.6) is 0 Å². The van der Waals surface area contributed by atoms with Gasteiger partial charge in [-0.05, 0) is 25.7 Å². The summed E-state index contributed by atoms with van der Waals surface area (Å²) in [5.74, 6) is 0.920. The van der Waals surface area contributed by atoms with Crippen molar-refractivity contribution in [3.8, 4) is 0 Å². The van der Waals surface area contributed by atoms with Gasteiger partial charge in [-0.25, -0.2) is 4.98 Å². The van der Waals surface area contributed by atoms with E-state index < -0.39 is 0 Å². The van der Waals surface area contributed by atoms with Crippen LogP contribution < -0.4 is 0 Å². The lowest BCUT2D eigenvalue weighted by Gasteiger charge is -2.21. The van der Waals surface area contributed by atoms with Crippen molar-refractivity contribution in [3.05, 3.63) is 23.4 Å². The van der Waals surface area contributed by atoms with Crippen LogP contribution in [0.4, 0.5) is 0 Å². The number of halogens is 1. The number of fused-ring (bicyclic) bond motifs is 1. The predicted octanol–water partition coefficient (Wildman–Crippen LogP) is 2.28. The van der Waals surface area contributed by atoms with E-state index in [4.69, 9.17) is 16.3 Å². The van der Waals surface area contributed by atoms with E-state index in [1.165, 1.54) is 12.8 Å². The lowest BCUT2D eigenvalue weighted by molar-refractivity contribution is 0.0112. The molecular weight excluding hydrogens is 252 g/mol. The molecule has 0 aromatic carbocycles. The topological polar surface area (TPSA) is 52.3 Å². The minimum atomic E-state index is 0.364. The van der Waals surface area contributed by atoms with Crippen LogP contribution in [0, 0.1) is 0 Å². The molecule has 0 bridgehead atoms. The predicted molar refractivity (Wildman–Crippen MR) is 67.7 cm³/mol. The first-order valence-electron chi connectivity index (χ1n) is 6.30. The van der Waals surface area contributed by atoms with E-state index in [9.17, 15) is 0 Å². The molecule has 3 rings (SSSR count). The summed E-state index contributed by atoms with van der Waals surface area (Å²) < 4.78 is 7.62. The van der Waals surface area contributed by atoms with Crippen molar-refractivity contribution in [2.24, 2.45) is 0 Å². The van der Waals surface area contributed by atoms with Crippen molar-refractivity contribution >= 4 is 17.2 Å². The fourth-order valence-electron chi connectivity index (χ4n) is 2.34. The van der Waals surface area contributed by atoms with Crippen LogP contribution in [0.1, 0.15) is 31.5 Å². The molecule has 1 fully saturated rings. The van der Waals surface area contributed by atoms with Crippen LogP contribution in [0.2, 0.25) is 5.15 Å². The van der Waals surface area contributed by atoms with E-state index in [2.05, 4.69) is 15.2 Å². The van der Waals surface area contributed by atoms with Crippen molar-refractivity contribution in [1.29, 1.82) is 0 Å². The zero-order chi connectivity index (χ0) is 12.4. The lowest BCUT2D eigenvalue weighted by atomic mass is 10.0. The van der Waals surface area contributed by atoms with Gasteiger partial charge in [0.2, 0.25) is 0 Å². The molecule has 2 aromatic rings. The van der Waals surface area contributed by atoms with Gasteiger partial charge in [0, 0.05) is 25.4 Å². The first-order chi connectivity index (χ1) is 8.84. The standard InChI is InChI=1S/C12H15ClN4O/c13-11-12-16-15-10(17(12)7-6-14-11)5-4-9-3-1-2-8-18-9/h6-7,9H,1-5,8H2. The maximum atomic E-state index is 5.96.